The van der Waals surface area contributed by atoms with Gasteiger partial charge in [-0.15, -0.1) is 10.2 Å². The normalized spacial score (nSPS) is 11.0. The van der Waals surface area contributed by atoms with Gasteiger partial charge in [-0.25, -0.2) is 4.68 Å². The number of thioether (sulfide) groups is 1. The predicted molar refractivity (Wildman–Crippen MR) is 93.7 cm³/mol. The van der Waals surface area contributed by atoms with Crippen LogP contribution in [-0.4, -0.2) is 32.1 Å². The van der Waals surface area contributed by atoms with Gasteiger partial charge in [-0.3, -0.25) is 0 Å². The molecule has 1 aromatic carbocycles. The van der Waals surface area contributed by atoms with Crippen molar-refractivity contribution in [2.45, 2.75) is 10.9 Å². The molecule has 0 aliphatic heterocycles. The third kappa shape index (κ3) is 3.14. The minimum absolute atomic E-state index is 0.407. The highest BCUT2D eigenvalue weighted by Crippen LogP contribution is 2.26. The molecular weight excluding hydrogens is 356 g/mol. The summed E-state index contributed by atoms with van der Waals surface area (Å²) in [5.74, 6) is 9.09. The van der Waals surface area contributed by atoms with Gasteiger partial charge in [0, 0.05) is 5.56 Å². The maximum absolute atomic E-state index is 6.02. The lowest BCUT2D eigenvalue weighted by molar-refractivity contribution is 0.391. The van der Waals surface area contributed by atoms with E-state index in [1.807, 2.05) is 24.3 Å². The molecule has 0 aliphatic rings. The minimum Gasteiger partial charge on any atom is -0.497 e. The highest BCUT2D eigenvalue weighted by molar-refractivity contribution is 7.98. The number of hydrogen-bond donors (Lipinski definition) is 1. The number of ether oxygens (including phenoxy) is 1. The standard InChI is InChI=1S/C16H14N6O3S/c1-23-11-5-2-4-10(8-11)14-18-13(25-21-14)9-26-16-20-19-15(22(16)17)12-6-3-7-24-12/h2-8H,9,17H2,1H3. The Morgan fingerprint density at radius 3 is 2.96 bits per heavy atom. The monoisotopic (exact) mass is 370 g/mol. The van der Waals surface area contributed by atoms with E-state index in [1.165, 1.54) is 16.4 Å². The van der Waals surface area contributed by atoms with E-state index in [4.69, 9.17) is 19.5 Å². The first-order valence-corrected chi connectivity index (χ1v) is 8.57. The smallest absolute Gasteiger partial charge is 0.237 e. The summed E-state index contributed by atoms with van der Waals surface area (Å²) in [5.41, 5.74) is 0.812. The SMILES string of the molecule is COc1cccc(-c2noc(CSc3nnc(-c4ccco4)n3N)n2)c1. The van der Waals surface area contributed by atoms with Gasteiger partial charge in [0.1, 0.15) is 5.75 Å². The molecule has 132 valence electrons. The van der Waals surface area contributed by atoms with Crippen molar-refractivity contribution in [2.75, 3.05) is 13.0 Å². The lowest BCUT2D eigenvalue weighted by Gasteiger charge is -2.00. The number of nitrogen functional groups attached to an aromatic ring is 1. The van der Waals surface area contributed by atoms with E-state index in [9.17, 15) is 0 Å². The first kappa shape index (κ1) is 16.2. The van der Waals surface area contributed by atoms with Gasteiger partial charge in [0.15, 0.2) is 5.76 Å². The van der Waals surface area contributed by atoms with Crippen molar-refractivity contribution in [3.63, 3.8) is 0 Å². The van der Waals surface area contributed by atoms with Crippen LogP contribution in [0.25, 0.3) is 23.0 Å². The molecule has 3 aromatic heterocycles. The zero-order chi connectivity index (χ0) is 17.9. The van der Waals surface area contributed by atoms with Crippen molar-refractivity contribution >= 4 is 11.8 Å². The lowest BCUT2D eigenvalue weighted by atomic mass is 10.2. The fraction of sp³-hybridized carbons (Fsp3) is 0.125. The molecule has 0 aliphatic carbocycles. The second-order valence-corrected chi connectivity index (χ2v) is 6.13. The van der Waals surface area contributed by atoms with Crippen LogP contribution >= 0.6 is 11.8 Å². The molecule has 4 rings (SSSR count). The van der Waals surface area contributed by atoms with Gasteiger partial charge in [0.25, 0.3) is 0 Å². The molecule has 2 N–H and O–H groups in total. The molecule has 0 bridgehead atoms. The van der Waals surface area contributed by atoms with Crippen LogP contribution in [0.4, 0.5) is 0 Å². The summed E-state index contributed by atoms with van der Waals surface area (Å²) in [7, 11) is 1.61. The van der Waals surface area contributed by atoms with Crippen LogP contribution < -0.4 is 10.6 Å². The van der Waals surface area contributed by atoms with E-state index in [0.717, 1.165) is 11.3 Å². The fourth-order valence-electron chi connectivity index (χ4n) is 2.27. The molecule has 0 saturated heterocycles. The van der Waals surface area contributed by atoms with Crippen LogP contribution in [0, 0.1) is 0 Å². The predicted octanol–water partition coefficient (Wildman–Crippen LogP) is 2.60. The Hall–Kier alpha value is -3.27. The third-order valence-corrected chi connectivity index (χ3v) is 4.45. The Kier molecular flexibility index (Phi) is 4.32. The molecule has 0 amide bonds. The number of hydrogen-bond acceptors (Lipinski definition) is 9. The summed E-state index contributed by atoms with van der Waals surface area (Å²) in [5, 5.41) is 12.6. The van der Waals surface area contributed by atoms with Crippen LogP contribution in [0.1, 0.15) is 5.89 Å². The van der Waals surface area contributed by atoms with Gasteiger partial charge < -0.3 is 19.5 Å². The molecular formula is C16H14N6O3S. The minimum atomic E-state index is 0.407. The zero-order valence-electron chi connectivity index (χ0n) is 13.7. The van der Waals surface area contributed by atoms with Crippen LogP contribution in [0.2, 0.25) is 0 Å². The van der Waals surface area contributed by atoms with Gasteiger partial charge in [-0.05, 0) is 24.3 Å². The summed E-state index contributed by atoms with van der Waals surface area (Å²) >= 11 is 1.34. The molecule has 0 radical (unpaired) electrons. The summed E-state index contributed by atoms with van der Waals surface area (Å²) in [6.07, 6.45) is 1.55. The maximum atomic E-state index is 6.02. The van der Waals surface area contributed by atoms with Crippen LogP contribution in [0.3, 0.4) is 0 Å². The van der Waals surface area contributed by atoms with Gasteiger partial charge in [-0.1, -0.05) is 29.1 Å². The van der Waals surface area contributed by atoms with Crippen molar-refractivity contribution in [2.24, 2.45) is 0 Å². The molecule has 3 heterocycles. The Labute approximate surface area is 152 Å². The van der Waals surface area contributed by atoms with Crippen molar-refractivity contribution in [1.29, 1.82) is 0 Å². The Morgan fingerprint density at radius 1 is 1.23 bits per heavy atom. The third-order valence-electron chi connectivity index (χ3n) is 3.53. The molecule has 0 fully saturated rings. The first-order valence-electron chi connectivity index (χ1n) is 7.59. The Balaban J connectivity index is 1.47. The molecule has 0 unspecified atom stereocenters. The molecule has 10 heteroatoms. The van der Waals surface area contributed by atoms with E-state index < -0.39 is 0 Å². The second-order valence-electron chi connectivity index (χ2n) is 5.19. The Morgan fingerprint density at radius 2 is 2.15 bits per heavy atom. The zero-order valence-corrected chi connectivity index (χ0v) is 14.5. The topological polar surface area (TPSA) is 118 Å². The number of nitrogens with zero attached hydrogens (tertiary/aromatic N) is 5. The first-order chi connectivity index (χ1) is 12.7. The maximum Gasteiger partial charge on any atom is 0.237 e. The quantitative estimate of drug-likeness (QED) is 0.403. The molecule has 4 aromatic rings. The molecule has 9 nitrogen and oxygen atoms in total. The largest absolute Gasteiger partial charge is 0.497 e. The van der Waals surface area contributed by atoms with Gasteiger partial charge in [0.05, 0.1) is 19.1 Å². The van der Waals surface area contributed by atoms with Gasteiger partial charge in [-0.2, -0.15) is 4.98 Å². The summed E-state index contributed by atoms with van der Waals surface area (Å²) < 4.78 is 17.1. The average molecular weight is 370 g/mol. The van der Waals surface area contributed by atoms with E-state index in [2.05, 4.69) is 20.3 Å². The van der Waals surface area contributed by atoms with Crippen molar-refractivity contribution in [1.82, 2.24) is 25.0 Å². The van der Waals surface area contributed by atoms with E-state index in [-0.39, 0.29) is 0 Å². The second kappa shape index (κ2) is 6.92. The molecule has 0 saturated carbocycles. The van der Waals surface area contributed by atoms with Gasteiger partial charge >= 0.3 is 0 Å². The fourth-order valence-corrected chi connectivity index (χ4v) is 2.96. The van der Waals surface area contributed by atoms with Crippen molar-refractivity contribution in [3.05, 3.63) is 48.6 Å². The lowest BCUT2D eigenvalue weighted by Crippen LogP contribution is -2.11. The average Bonchev–Trinajstić information content (AvgIpc) is 3.41. The number of nitrogens with two attached hydrogens (primary N) is 1. The molecule has 26 heavy (non-hydrogen) atoms. The summed E-state index contributed by atoms with van der Waals surface area (Å²) in [6.45, 7) is 0. The number of methoxy groups -OCH3 is 1. The van der Waals surface area contributed by atoms with Crippen molar-refractivity contribution in [3.8, 4) is 28.7 Å². The highest BCUT2D eigenvalue weighted by Gasteiger charge is 2.16. The van der Waals surface area contributed by atoms with E-state index in [0.29, 0.717) is 34.2 Å². The number of aromatic nitrogens is 5. The summed E-state index contributed by atoms with van der Waals surface area (Å²) in [4.78, 5) is 4.39. The van der Waals surface area contributed by atoms with Crippen molar-refractivity contribution < 1.29 is 13.7 Å². The van der Waals surface area contributed by atoms with Crippen LogP contribution in [0.15, 0.2) is 56.8 Å². The number of benzene rings is 1. The number of rotatable bonds is 6. The number of furan rings is 1. The van der Waals surface area contributed by atoms with E-state index in [1.54, 1.807) is 25.5 Å². The summed E-state index contributed by atoms with van der Waals surface area (Å²) in [6, 6.07) is 11.0. The molecule has 0 spiro atoms. The molecule has 0 atom stereocenters. The van der Waals surface area contributed by atoms with Gasteiger partial charge in [0.2, 0.25) is 22.7 Å². The van der Waals surface area contributed by atoms with Crippen LogP contribution in [-0.2, 0) is 5.75 Å². The van der Waals surface area contributed by atoms with Crippen LogP contribution in [0.5, 0.6) is 5.75 Å². The Bertz CT molecular complexity index is 1010. The van der Waals surface area contributed by atoms with E-state index >= 15 is 0 Å². The highest BCUT2D eigenvalue weighted by atomic mass is 32.2.